The second-order valence-corrected chi connectivity index (χ2v) is 3.90. The minimum atomic E-state index is -1.01. The van der Waals surface area contributed by atoms with Crippen molar-refractivity contribution in [2.75, 3.05) is 6.79 Å². The van der Waals surface area contributed by atoms with Crippen molar-refractivity contribution in [2.45, 2.75) is 18.9 Å². The molecule has 4 N–H and O–H groups in total. The molecule has 1 atom stereocenters. The number of halogens is 1. The van der Waals surface area contributed by atoms with Gasteiger partial charge in [0.15, 0.2) is 11.5 Å². The van der Waals surface area contributed by atoms with Gasteiger partial charge >= 0.3 is 5.97 Å². The lowest BCUT2D eigenvalue weighted by molar-refractivity contribution is -0.137. The summed E-state index contributed by atoms with van der Waals surface area (Å²) in [5, 5.41) is 18.2. The lowest BCUT2D eigenvalue weighted by Gasteiger charge is -2.14. The predicted octanol–water partition coefficient (Wildman–Crippen LogP) is 1.12. The first-order valence-electron chi connectivity index (χ1n) is 5.29. The molecule has 0 fully saturated rings. The van der Waals surface area contributed by atoms with E-state index in [1.165, 1.54) is 6.07 Å². The summed E-state index contributed by atoms with van der Waals surface area (Å²) in [6.07, 6.45) is -0.0847. The number of hydrogen-bond acceptors (Lipinski definition) is 5. The van der Waals surface area contributed by atoms with Crippen LogP contribution in [0.25, 0.3) is 0 Å². The molecule has 1 heterocycles. The summed E-state index contributed by atoms with van der Waals surface area (Å²) in [6, 6.07) is 0.581. The van der Waals surface area contributed by atoms with Crippen molar-refractivity contribution in [3.63, 3.8) is 0 Å². The van der Waals surface area contributed by atoms with Gasteiger partial charge in [-0.2, -0.15) is 4.39 Å². The molecular weight excluding hydrogens is 245 g/mol. The Morgan fingerprint density at radius 1 is 1.56 bits per heavy atom. The van der Waals surface area contributed by atoms with Crippen LogP contribution in [0.2, 0.25) is 0 Å². The van der Waals surface area contributed by atoms with E-state index in [2.05, 4.69) is 0 Å². The Morgan fingerprint density at radius 3 is 2.94 bits per heavy atom. The number of phenols is 1. The SMILES string of the molecule is NC(CCC(=O)O)c1cc2c(c(F)c1O)OCO2. The number of hydrogen-bond donors (Lipinski definition) is 3. The highest BCUT2D eigenvalue weighted by Crippen LogP contribution is 2.43. The molecule has 6 nitrogen and oxygen atoms in total. The summed E-state index contributed by atoms with van der Waals surface area (Å²) in [7, 11) is 0. The summed E-state index contributed by atoms with van der Waals surface area (Å²) >= 11 is 0. The zero-order valence-electron chi connectivity index (χ0n) is 9.35. The Kier molecular flexibility index (Phi) is 3.24. The first-order chi connectivity index (χ1) is 8.50. The number of nitrogens with two attached hydrogens (primary N) is 1. The largest absolute Gasteiger partial charge is 0.504 e. The van der Waals surface area contributed by atoms with Crippen molar-refractivity contribution in [1.29, 1.82) is 0 Å². The van der Waals surface area contributed by atoms with Crippen molar-refractivity contribution in [1.82, 2.24) is 0 Å². The molecule has 0 aromatic heterocycles. The first-order valence-corrected chi connectivity index (χ1v) is 5.29. The Bertz CT molecular complexity index is 491. The first kappa shape index (κ1) is 12.4. The number of benzene rings is 1. The molecule has 98 valence electrons. The van der Waals surface area contributed by atoms with Crippen LogP contribution in [0.4, 0.5) is 4.39 Å². The summed E-state index contributed by atoms with van der Waals surface area (Å²) in [6.45, 7) is -0.125. The summed E-state index contributed by atoms with van der Waals surface area (Å²) in [5.74, 6) is -2.57. The number of aromatic hydroxyl groups is 1. The molecule has 0 saturated carbocycles. The Labute approximate surface area is 102 Å². The quantitative estimate of drug-likeness (QED) is 0.747. The molecule has 0 spiro atoms. The topological polar surface area (TPSA) is 102 Å². The van der Waals surface area contributed by atoms with Crippen LogP contribution in [0.1, 0.15) is 24.4 Å². The van der Waals surface area contributed by atoms with Crippen molar-refractivity contribution in [2.24, 2.45) is 5.73 Å². The van der Waals surface area contributed by atoms with Gasteiger partial charge in [0.05, 0.1) is 0 Å². The molecule has 0 aliphatic carbocycles. The predicted molar refractivity (Wildman–Crippen MR) is 58.0 cm³/mol. The van der Waals surface area contributed by atoms with E-state index >= 15 is 0 Å². The molecule has 1 aliphatic heterocycles. The molecule has 1 aromatic rings. The Hall–Kier alpha value is -2.02. The molecule has 0 radical (unpaired) electrons. The fraction of sp³-hybridized carbons (Fsp3) is 0.364. The second kappa shape index (κ2) is 4.69. The van der Waals surface area contributed by atoms with Crippen molar-refractivity contribution < 1.29 is 28.9 Å². The van der Waals surface area contributed by atoms with Crippen LogP contribution >= 0.6 is 0 Å². The highest BCUT2D eigenvalue weighted by Gasteiger charge is 2.26. The zero-order valence-corrected chi connectivity index (χ0v) is 9.35. The van der Waals surface area contributed by atoms with E-state index in [1.807, 2.05) is 0 Å². The lowest BCUT2D eigenvalue weighted by atomic mass is 10.0. The molecule has 1 unspecified atom stereocenters. The molecule has 0 saturated heterocycles. The Balaban J connectivity index is 2.28. The van der Waals surface area contributed by atoms with Crippen LogP contribution in [0.3, 0.4) is 0 Å². The van der Waals surface area contributed by atoms with Gasteiger partial charge in [-0.3, -0.25) is 4.79 Å². The molecular formula is C11H12FNO5. The molecule has 1 aromatic carbocycles. The van der Waals surface area contributed by atoms with E-state index in [0.717, 1.165) is 0 Å². The average molecular weight is 257 g/mol. The van der Waals surface area contributed by atoms with E-state index in [0.29, 0.717) is 0 Å². The van der Waals surface area contributed by atoms with E-state index < -0.39 is 23.6 Å². The fourth-order valence-corrected chi connectivity index (χ4v) is 1.73. The molecule has 0 amide bonds. The lowest BCUT2D eigenvalue weighted by Crippen LogP contribution is -2.13. The van der Waals surface area contributed by atoms with Gasteiger partial charge in [0.2, 0.25) is 18.4 Å². The summed E-state index contributed by atoms with van der Waals surface area (Å²) in [5.41, 5.74) is 5.83. The molecule has 2 rings (SSSR count). The highest BCUT2D eigenvalue weighted by atomic mass is 19.1. The maximum Gasteiger partial charge on any atom is 0.303 e. The number of aliphatic carboxylic acids is 1. The van der Waals surface area contributed by atoms with E-state index in [4.69, 9.17) is 20.3 Å². The zero-order chi connectivity index (χ0) is 13.3. The number of carboxylic acids is 1. The minimum Gasteiger partial charge on any atom is -0.504 e. The standard InChI is InChI=1S/C11H12FNO5/c12-9-10(16)5(6(13)1-2-8(14)15)3-7-11(9)18-4-17-7/h3,6,16H,1-2,4,13H2,(H,14,15). The third-order valence-electron chi connectivity index (χ3n) is 2.68. The number of rotatable bonds is 4. The third kappa shape index (κ3) is 2.17. The maximum absolute atomic E-state index is 13.7. The summed E-state index contributed by atoms with van der Waals surface area (Å²) < 4.78 is 23.6. The van der Waals surface area contributed by atoms with E-state index in [1.54, 1.807) is 0 Å². The number of carbonyl (C=O) groups is 1. The highest BCUT2D eigenvalue weighted by molar-refractivity contribution is 5.66. The molecule has 1 aliphatic rings. The monoisotopic (exact) mass is 257 g/mol. The van der Waals surface area contributed by atoms with E-state index in [-0.39, 0.29) is 36.7 Å². The second-order valence-electron chi connectivity index (χ2n) is 3.90. The fourth-order valence-electron chi connectivity index (χ4n) is 1.73. The number of phenolic OH excluding ortho intramolecular Hbond substituents is 1. The van der Waals surface area contributed by atoms with Gasteiger partial charge in [0, 0.05) is 18.0 Å². The maximum atomic E-state index is 13.7. The van der Waals surface area contributed by atoms with Crippen LogP contribution in [-0.4, -0.2) is 23.0 Å². The van der Waals surface area contributed by atoms with Crippen LogP contribution in [0.15, 0.2) is 6.07 Å². The molecule has 0 bridgehead atoms. The van der Waals surface area contributed by atoms with Gasteiger partial charge in [0.1, 0.15) is 0 Å². The van der Waals surface area contributed by atoms with Gasteiger partial charge in [-0.25, -0.2) is 0 Å². The normalized spacial score (nSPS) is 14.6. The van der Waals surface area contributed by atoms with Crippen molar-refractivity contribution in [3.05, 3.63) is 17.4 Å². The van der Waals surface area contributed by atoms with Crippen LogP contribution in [0, 0.1) is 5.82 Å². The van der Waals surface area contributed by atoms with Crippen LogP contribution in [-0.2, 0) is 4.79 Å². The smallest absolute Gasteiger partial charge is 0.303 e. The van der Waals surface area contributed by atoms with Gasteiger partial charge in [-0.05, 0) is 12.5 Å². The average Bonchev–Trinajstić information content (AvgIpc) is 2.79. The molecule has 18 heavy (non-hydrogen) atoms. The minimum absolute atomic E-state index is 0.0853. The molecule has 7 heteroatoms. The van der Waals surface area contributed by atoms with Gasteiger partial charge in [-0.1, -0.05) is 0 Å². The summed E-state index contributed by atoms with van der Waals surface area (Å²) in [4.78, 5) is 10.4. The third-order valence-corrected chi connectivity index (χ3v) is 2.68. The number of ether oxygens (including phenoxy) is 2. The van der Waals surface area contributed by atoms with Crippen LogP contribution < -0.4 is 15.2 Å². The van der Waals surface area contributed by atoms with E-state index in [9.17, 15) is 14.3 Å². The van der Waals surface area contributed by atoms with Gasteiger partial charge < -0.3 is 25.4 Å². The van der Waals surface area contributed by atoms with Gasteiger partial charge in [-0.15, -0.1) is 0 Å². The van der Waals surface area contributed by atoms with Crippen molar-refractivity contribution in [3.8, 4) is 17.2 Å². The van der Waals surface area contributed by atoms with Crippen LogP contribution in [0.5, 0.6) is 17.2 Å². The number of carboxylic acid groups (broad SMARTS) is 1. The Morgan fingerprint density at radius 2 is 2.28 bits per heavy atom. The number of fused-ring (bicyclic) bond motifs is 1. The van der Waals surface area contributed by atoms with Crippen molar-refractivity contribution >= 4 is 5.97 Å². The van der Waals surface area contributed by atoms with Gasteiger partial charge in [0.25, 0.3) is 0 Å².